The van der Waals surface area contributed by atoms with Crippen LogP contribution >= 0.6 is 0 Å². The number of aryl methyl sites for hydroxylation is 1. The Kier molecular flexibility index (Phi) is 2.52. The second kappa shape index (κ2) is 3.82. The van der Waals surface area contributed by atoms with Gasteiger partial charge in [0.25, 0.3) is 5.91 Å². The Morgan fingerprint density at radius 2 is 2.50 bits per heavy atom. The van der Waals surface area contributed by atoms with Crippen molar-refractivity contribution in [2.75, 3.05) is 0 Å². The molecule has 0 unspecified atom stereocenters. The molecule has 4 heteroatoms. The molecule has 0 aromatic carbocycles. The van der Waals surface area contributed by atoms with Gasteiger partial charge in [-0.05, 0) is 25.3 Å². The van der Waals surface area contributed by atoms with Gasteiger partial charge in [-0.25, -0.2) is 0 Å². The number of H-pyrrole nitrogens is 1. The Labute approximate surface area is 83.1 Å². The Morgan fingerprint density at radius 3 is 3.14 bits per heavy atom. The first-order chi connectivity index (χ1) is 6.79. The lowest BCUT2D eigenvalue weighted by atomic mass is 10.2. The third-order valence-electron chi connectivity index (χ3n) is 2.30. The smallest absolute Gasteiger partial charge is 0.271 e. The number of aromatic amines is 1. The van der Waals surface area contributed by atoms with Gasteiger partial charge in [-0.15, -0.1) is 0 Å². The zero-order valence-corrected chi connectivity index (χ0v) is 8.34. The summed E-state index contributed by atoms with van der Waals surface area (Å²) in [6, 6.07) is 2.23. The zero-order chi connectivity index (χ0) is 9.97. The average molecular weight is 193 g/mol. The van der Waals surface area contributed by atoms with Crippen LogP contribution in [-0.4, -0.2) is 22.1 Å². The molecular weight excluding hydrogens is 178 g/mol. The summed E-state index contributed by atoms with van der Waals surface area (Å²) in [7, 11) is 0. The third kappa shape index (κ3) is 2.13. The minimum atomic E-state index is -0.0499. The van der Waals surface area contributed by atoms with Crippen LogP contribution in [0.15, 0.2) is 6.07 Å². The Morgan fingerprint density at radius 1 is 1.71 bits per heavy atom. The molecule has 1 saturated carbocycles. The van der Waals surface area contributed by atoms with E-state index in [4.69, 9.17) is 0 Å². The van der Waals surface area contributed by atoms with Crippen LogP contribution in [0, 0.1) is 0 Å². The summed E-state index contributed by atoms with van der Waals surface area (Å²) in [4.78, 5) is 11.5. The Balaban J connectivity index is 1.96. The fraction of sp³-hybridized carbons (Fsp3) is 0.600. The molecule has 1 amide bonds. The number of nitrogens with zero attached hydrogens (tertiary/aromatic N) is 1. The molecule has 4 nitrogen and oxygen atoms in total. The molecule has 1 heterocycles. The van der Waals surface area contributed by atoms with Gasteiger partial charge in [0.2, 0.25) is 0 Å². The molecule has 0 spiro atoms. The average Bonchev–Trinajstić information content (AvgIpc) is 2.83. The molecule has 0 saturated heterocycles. The van der Waals surface area contributed by atoms with Crippen molar-refractivity contribution in [3.63, 3.8) is 0 Å². The van der Waals surface area contributed by atoms with Crippen LogP contribution in [-0.2, 0) is 6.42 Å². The number of nitrogens with one attached hydrogen (secondary N) is 2. The van der Waals surface area contributed by atoms with E-state index in [0.29, 0.717) is 11.7 Å². The molecule has 1 aromatic heterocycles. The quantitative estimate of drug-likeness (QED) is 0.756. The molecule has 0 radical (unpaired) electrons. The molecule has 1 fully saturated rings. The van der Waals surface area contributed by atoms with Crippen molar-refractivity contribution in [3.05, 3.63) is 17.5 Å². The van der Waals surface area contributed by atoms with Gasteiger partial charge >= 0.3 is 0 Å². The maximum atomic E-state index is 11.5. The van der Waals surface area contributed by atoms with Crippen LogP contribution < -0.4 is 5.32 Å². The van der Waals surface area contributed by atoms with Gasteiger partial charge < -0.3 is 5.32 Å². The zero-order valence-electron chi connectivity index (χ0n) is 8.34. The van der Waals surface area contributed by atoms with E-state index >= 15 is 0 Å². The van der Waals surface area contributed by atoms with Crippen LogP contribution in [0.4, 0.5) is 0 Å². The largest absolute Gasteiger partial charge is 0.348 e. The predicted molar refractivity (Wildman–Crippen MR) is 53.1 cm³/mol. The van der Waals surface area contributed by atoms with Gasteiger partial charge in [-0.2, -0.15) is 5.10 Å². The molecule has 0 bridgehead atoms. The highest BCUT2D eigenvalue weighted by molar-refractivity contribution is 5.92. The fourth-order valence-corrected chi connectivity index (χ4v) is 1.36. The third-order valence-corrected chi connectivity index (χ3v) is 2.30. The van der Waals surface area contributed by atoms with Crippen LogP contribution in [0.1, 0.15) is 42.4 Å². The molecule has 0 atom stereocenters. The number of aromatic nitrogens is 2. The van der Waals surface area contributed by atoms with E-state index < -0.39 is 0 Å². The van der Waals surface area contributed by atoms with E-state index in [1.807, 2.05) is 6.07 Å². The maximum absolute atomic E-state index is 11.5. The summed E-state index contributed by atoms with van der Waals surface area (Å²) < 4.78 is 0. The topological polar surface area (TPSA) is 57.8 Å². The monoisotopic (exact) mass is 193 g/mol. The molecule has 14 heavy (non-hydrogen) atoms. The van der Waals surface area contributed by atoms with Gasteiger partial charge in [0.05, 0.1) is 0 Å². The van der Waals surface area contributed by atoms with Crippen LogP contribution in [0.2, 0.25) is 0 Å². The van der Waals surface area contributed by atoms with Crippen molar-refractivity contribution in [2.45, 2.75) is 38.6 Å². The van der Waals surface area contributed by atoms with Crippen molar-refractivity contribution in [3.8, 4) is 0 Å². The Hall–Kier alpha value is -1.32. The molecule has 0 aliphatic heterocycles. The molecular formula is C10H15N3O. The van der Waals surface area contributed by atoms with E-state index in [0.717, 1.165) is 31.4 Å². The van der Waals surface area contributed by atoms with E-state index in [9.17, 15) is 4.79 Å². The summed E-state index contributed by atoms with van der Waals surface area (Å²) in [5, 5.41) is 9.75. The SMILES string of the molecule is CCCc1cc(C(=O)NC2CC2)n[nH]1. The fourth-order valence-electron chi connectivity index (χ4n) is 1.36. The maximum Gasteiger partial charge on any atom is 0.271 e. The van der Waals surface area contributed by atoms with Crippen LogP contribution in [0.5, 0.6) is 0 Å². The van der Waals surface area contributed by atoms with Gasteiger partial charge in [-0.1, -0.05) is 13.3 Å². The summed E-state index contributed by atoms with van der Waals surface area (Å²) in [6.45, 7) is 2.10. The number of rotatable bonds is 4. The summed E-state index contributed by atoms with van der Waals surface area (Å²) in [5.41, 5.74) is 1.55. The van der Waals surface area contributed by atoms with E-state index in [1.165, 1.54) is 0 Å². The minimum Gasteiger partial charge on any atom is -0.348 e. The Bertz CT molecular complexity index is 328. The van der Waals surface area contributed by atoms with Crippen molar-refractivity contribution >= 4 is 5.91 Å². The van der Waals surface area contributed by atoms with Gasteiger partial charge in [0.15, 0.2) is 0 Å². The van der Waals surface area contributed by atoms with E-state index in [2.05, 4.69) is 22.4 Å². The van der Waals surface area contributed by atoms with E-state index in [-0.39, 0.29) is 5.91 Å². The normalized spacial score (nSPS) is 15.5. The number of hydrogen-bond acceptors (Lipinski definition) is 2. The molecule has 76 valence electrons. The van der Waals surface area contributed by atoms with Crippen LogP contribution in [0.25, 0.3) is 0 Å². The second-order valence-corrected chi connectivity index (χ2v) is 3.78. The number of carbonyl (C=O) groups excluding carboxylic acids is 1. The number of carbonyl (C=O) groups is 1. The van der Waals surface area contributed by atoms with Crippen LogP contribution in [0.3, 0.4) is 0 Å². The van der Waals surface area contributed by atoms with E-state index in [1.54, 1.807) is 0 Å². The highest BCUT2D eigenvalue weighted by Crippen LogP contribution is 2.19. The lowest BCUT2D eigenvalue weighted by Gasteiger charge is -1.97. The lowest BCUT2D eigenvalue weighted by molar-refractivity contribution is 0.0946. The summed E-state index contributed by atoms with van der Waals surface area (Å²) >= 11 is 0. The van der Waals surface area contributed by atoms with Crippen molar-refractivity contribution in [1.29, 1.82) is 0 Å². The van der Waals surface area contributed by atoms with Gasteiger partial charge in [-0.3, -0.25) is 9.89 Å². The van der Waals surface area contributed by atoms with Gasteiger partial charge in [0, 0.05) is 11.7 Å². The predicted octanol–water partition coefficient (Wildman–Crippen LogP) is 1.25. The van der Waals surface area contributed by atoms with Crippen molar-refractivity contribution in [1.82, 2.24) is 15.5 Å². The first-order valence-corrected chi connectivity index (χ1v) is 5.14. The standard InChI is InChI=1S/C10H15N3O/c1-2-3-8-6-9(13-12-8)10(14)11-7-4-5-7/h6-7H,2-5H2,1H3,(H,11,14)(H,12,13). The first-order valence-electron chi connectivity index (χ1n) is 5.14. The first kappa shape index (κ1) is 9.24. The highest BCUT2D eigenvalue weighted by Gasteiger charge is 2.24. The molecule has 2 N–H and O–H groups in total. The lowest BCUT2D eigenvalue weighted by Crippen LogP contribution is -2.25. The number of hydrogen-bond donors (Lipinski definition) is 2. The van der Waals surface area contributed by atoms with Crippen molar-refractivity contribution in [2.24, 2.45) is 0 Å². The summed E-state index contributed by atoms with van der Waals surface area (Å²) in [5.74, 6) is -0.0499. The van der Waals surface area contributed by atoms with Gasteiger partial charge in [0.1, 0.15) is 5.69 Å². The van der Waals surface area contributed by atoms with Crippen molar-refractivity contribution < 1.29 is 4.79 Å². The molecule has 1 aliphatic carbocycles. The molecule has 1 aromatic rings. The second-order valence-electron chi connectivity index (χ2n) is 3.78. The highest BCUT2D eigenvalue weighted by atomic mass is 16.2. The number of amides is 1. The minimum absolute atomic E-state index is 0.0499. The molecule has 1 aliphatic rings. The molecule has 2 rings (SSSR count). The summed E-state index contributed by atoms with van der Waals surface area (Å²) in [6.07, 6.45) is 4.23.